The lowest BCUT2D eigenvalue weighted by atomic mass is 10.3. The van der Waals surface area contributed by atoms with Crippen LogP contribution in [0.3, 0.4) is 0 Å². The van der Waals surface area contributed by atoms with Gasteiger partial charge in [0.15, 0.2) is 0 Å². The number of carbonyl (C=O) groups is 1. The lowest BCUT2D eigenvalue weighted by Gasteiger charge is -2.00. The Hall–Kier alpha value is -2.09. The van der Waals surface area contributed by atoms with Crippen LogP contribution in [-0.2, 0) is 4.79 Å². The Kier molecular flexibility index (Phi) is 2.82. The van der Waals surface area contributed by atoms with E-state index in [9.17, 15) is 4.79 Å². The summed E-state index contributed by atoms with van der Waals surface area (Å²) in [5, 5.41) is 19.4. The molecule has 0 aliphatic carbocycles. The van der Waals surface area contributed by atoms with Gasteiger partial charge in [-0.15, -0.1) is 0 Å². The molecule has 1 aromatic heterocycles. The third kappa shape index (κ3) is 2.79. The van der Waals surface area contributed by atoms with Crippen LogP contribution in [0.2, 0.25) is 0 Å². The molecule has 0 radical (unpaired) electrons. The first-order chi connectivity index (χ1) is 6.22. The average Bonchev–Trinajstić information content (AvgIpc) is 2.15. The van der Waals surface area contributed by atoms with Gasteiger partial charge in [-0.3, -0.25) is 4.79 Å². The number of carboxylic acid groups (broad SMARTS) is 1. The van der Waals surface area contributed by atoms with E-state index < -0.39 is 5.97 Å². The molecule has 66 valence electrons. The highest BCUT2D eigenvalue weighted by atomic mass is 16.4. The Morgan fingerprint density at radius 1 is 1.77 bits per heavy atom. The van der Waals surface area contributed by atoms with Crippen LogP contribution in [-0.4, -0.2) is 22.6 Å². The molecule has 0 aromatic carbocycles. The summed E-state index contributed by atoms with van der Waals surface area (Å²) in [6.07, 6.45) is 1.45. The van der Waals surface area contributed by atoms with Gasteiger partial charge in [-0.1, -0.05) is 0 Å². The molecular formula is C8H7N3O2. The van der Waals surface area contributed by atoms with Gasteiger partial charge in [0.2, 0.25) is 0 Å². The molecule has 13 heavy (non-hydrogen) atoms. The maximum absolute atomic E-state index is 10.2. The quantitative estimate of drug-likeness (QED) is 0.700. The zero-order chi connectivity index (χ0) is 9.68. The van der Waals surface area contributed by atoms with Crippen molar-refractivity contribution >= 4 is 11.8 Å². The molecule has 0 aliphatic heterocycles. The number of hydrogen-bond acceptors (Lipinski definition) is 4. The molecule has 1 rings (SSSR count). The van der Waals surface area contributed by atoms with Gasteiger partial charge in [0.25, 0.3) is 0 Å². The summed E-state index contributed by atoms with van der Waals surface area (Å²) in [6.45, 7) is -0.206. The summed E-state index contributed by atoms with van der Waals surface area (Å²) in [7, 11) is 0. The van der Waals surface area contributed by atoms with Crippen LogP contribution in [0.1, 0.15) is 5.56 Å². The minimum Gasteiger partial charge on any atom is -0.480 e. The standard InChI is InChI=1S/C8H7N3O2/c9-4-6-1-2-10-7(3-6)11-5-8(12)13/h1-3H,5H2,(H,10,11)(H,12,13). The maximum atomic E-state index is 10.2. The molecule has 0 fully saturated rings. The van der Waals surface area contributed by atoms with Gasteiger partial charge in [-0.25, -0.2) is 4.98 Å². The highest BCUT2D eigenvalue weighted by Crippen LogP contribution is 2.04. The van der Waals surface area contributed by atoms with Crippen LogP contribution in [0.5, 0.6) is 0 Å². The van der Waals surface area contributed by atoms with Gasteiger partial charge in [0.1, 0.15) is 12.4 Å². The fourth-order valence-electron chi connectivity index (χ4n) is 0.763. The third-order valence-corrected chi connectivity index (χ3v) is 1.31. The van der Waals surface area contributed by atoms with Gasteiger partial charge >= 0.3 is 5.97 Å². The number of carboxylic acids is 1. The van der Waals surface area contributed by atoms with E-state index in [1.165, 1.54) is 12.3 Å². The second-order valence-corrected chi connectivity index (χ2v) is 2.29. The zero-order valence-electron chi connectivity index (χ0n) is 6.69. The van der Waals surface area contributed by atoms with Crippen molar-refractivity contribution in [1.29, 1.82) is 5.26 Å². The predicted octanol–water partition coefficient (Wildman–Crippen LogP) is 0.450. The number of aliphatic carboxylic acids is 1. The SMILES string of the molecule is N#Cc1ccnc(NCC(=O)O)c1. The van der Waals surface area contributed by atoms with Crippen LogP contribution in [0, 0.1) is 11.3 Å². The number of nitrogens with one attached hydrogen (secondary N) is 1. The van der Waals surface area contributed by atoms with E-state index in [0.29, 0.717) is 11.4 Å². The minimum atomic E-state index is -0.968. The Morgan fingerprint density at radius 3 is 3.15 bits per heavy atom. The normalized spacial score (nSPS) is 8.85. The van der Waals surface area contributed by atoms with Gasteiger partial charge < -0.3 is 10.4 Å². The number of pyridine rings is 1. The van der Waals surface area contributed by atoms with E-state index in [1.807, 2.05) is 6.07 Å². The number of hydrogen-bond donors (Lipinski definition) is 2. The van der Waals surface area contributed by atoms with E-state index >= 15 is 0 Å². The molecule has 1 aromatic rings. The molecule has 5 heteroatoms. The van der Waals surface area contributed by atoms with E-state index in [2.05, 4.69) is 10.3 Å². The molecular weight excluding hydrogens is 170 g/mol. The lowest BCUT2D eigenvalue weighted by molar-refractivity contribution is -0.134. The molecule has 0 saturated carbocycles. The summed E-state index contributed by atoms with van der Waals surface area (Å²) >= 11 is 0. The second kappa shape index (κ2) is 4.07. The van der Waals surface area contributed by atoms with Crippen molar-refractivity contribution in [1.82, 2.24) is 4.98 Å². The van der Waals surface area contributed by atoms with E-state index in [4.69, 9.17) is 10.4 Å². The molecule has 1 heterocycles. The van der Waals surface area contributed by atoms with Gasteiger partial charge in [0, 0.05) is 6.20 Å². The summed E-state index contributed by atoms with van der Waals surface area (Å²) in [6, 6.07) is 4.96. The first-order valence-corrected chi connectivity index (χ1v) is 3.54. The second-order valence-electron chi connectivity index (χ2n) is 2.29. The van der Waals surface area contributed by atoms with Crippen LogP contribution < -0.4 is 5.32 Å². The van der Waals surface area contributed by atoms with Crippen LogP contribution >= 0.6 is 0 Å². The summed E-state index contributed by atoms with van der Waals surface area (Å²) in [4.78, 5) is 14.0. The van der Waals surface area contributed by atoms with Crippen LogP contribution in [0.25, 0.3) is 0 Å². The van der Waals surface area contributed by atoms with Gasteiger partial charge in [-0.05, 0) is 12.1 Å². The molecule has 0 bridgehead atoms. The molecule has 0 atom stereocenters. The van der Waals surface area contributed by atoms with Crippen molar-refractivity contribution in [2.45, 2.75) is 0 Å². The third-order valence-electron chi connectivity index (χ3n) is 1.31. The summed E-state index contributed by atoms with van der Waals surface area (Å²) in [5.41, 5.74) is 0.447. The largest absolute Gasteiger partial charge is 0.480 e. The molecule has 0 amide bonds. The van der Waals surface area contributed by atoms with Crippen molar-refractivity contribution in [2.75, 3.05) is 11.9 Å². The van der Waals surface area contributed by atoms with E-state index in [0.717, 1.165) is 0 Å². The highest BCUT2D eigenvalue weighted by molar-refractivity contribution is 5.72. The smallest absolute Gasteiger partial charge is 0.322 e. The van der Waals surface area contributed by atoms with Crippen molar-refractivity contribution < 1.29 is 9.90 Å². The number of nitriles is 1. The zero-order valence-corrected chi connectivity index (χ0v) is 6.69. The van der Waals surface area contributed by atoms with E-state index in [-0.39, 0.29) is 6.54 Å². The first kappa shape index (κ1) is 9.00. The van der Waals surface area contributed by atoms with Crippen LogP contribution in [0.4, 0.5) is 5.82 Å². The van der Waals surface area contributed by atoms with Crippen molar-refractivity contribution in [3.63, 3.8) is 0 Å². The average molecular weight is 177 g/mol. The van der Waals surface area contributed by atoms with Crippen molar-refractivity contribution in [3.8, 4) is 6.07 Å². The Morgan fingerprint density at radius 2 is 2.54 bits per heavy atom. The van der Waals surface area contributed by atoms with Crippen LogP contribution in [0.15, 0.2) is 18.3 Å². The fourth-order valence-corrected chi connectivity index (χ4v) is 0.763. The molecule has 0 spiro atoms. The Bertz CT molecular complexity index is 357. The number of rotatable bonds is 3. The topological polar surface area (TPSA) is 86.0 Å². The van der Waals surface area contributed by atoms with Crippen molar-refractivity contribution in [2.24, 2.45) is 0 Å². The maximum Gasteiger partial charge on any atom is 0.322 e. The van der Waals surface area contributed by atoms with Crippen molar-refractivity contribution in [3.05, 3.63) is 23.9 Å². The Labute approximate surface area is 74.6 Å². The molecule has 2 N–H and O–H groups in total. The molecule has 5 nitrogen and oxygen atoms in total. The van der Waals surface area contributed by atoms with E-state index in [1.54, 1.807) is 6.07 Å². The first-order valence-electron chi connectivity index (χ1n) is 3.54. The highest BCUT2D eigenvalue weighted by Gasteiger charge is 1.98. The number of nitrogens with zero attached hydrogens (tertiary/aromatic N) is 2. The van der Waals surface area contributed by atoms with Gasteiger partial charge in [0.05, 0.1) is 11.6 Å². The fraction of sp³-hybridized carbons (Fsp3) is 0.125. The monoisotopic (exact) mass is 177 g/mol. The van der Waals surface area contributed by atoms with Gasteiger partial charge in [-0.2, -0.15) is 5.26 Å². The Balaban J connectivity index is 2.68. The molecule has 0 saturated heterocycles. The molecule has 0 aliphatic rings. The summed E-state index contributed by atoms with van der Waals surface area (Å²) < 4.78 is 0. The lowest BCUT2D eigenvalue weighted by Crippen LogP contribution is -2.13. The molecule has 0 unspecified atom stereocenters. The minimum absolute atomic E-state index is 0.206. The predicted molar refractivity (Wildman–Crippen MR) is 45.1 cm³/mol. The number of anilines is 1. The number of aromatic nitrogens is 1. The summed E-state index contributed by atoms with van der Waals surface area (Å²) in [5.74, 6) is -0.578.